The topological polar surface area (TPSA) is 55.4 Å². The van der Waals surface area contributed by atoms with Gasteiger partial charge in [-0.05, 0) is 42.1 Å². The quantitative estimate of drug-likeness (QED) is 0.830. The van der Waals surface area contributed by atoms with Gasteiger partial charge in [-0.15, -0.1) is 0 Å². The molecule has 0 aliphatic carbocycles. The Hall–Kier alpha value is -1.55. The van der Waals surface area contributed by atoms with Gasteiger partial charge in [0.1, 0.15) is 6.10 Å². The van der Waals surface area contributed by atoms with Crippen molar-refractivity contribution < 1.29 is 14.3 Å². The largest absolute Gasteiger partial charge is 0.446 e. The summed E-state index contributed by atoms with van der Waals surface area (Å²) in [5.41, 5.74) is 0.811. The van der Waals surface area contributed by atoms with Crippen LogP contribution in [0.1, 0.15) is 37.6 Å². The average molecular weight is 284 g/mol. The molecule has 0 fully saturated rings. The SMILES string of the molecule is CCC(OC(=O)Nc1cccc(C(=O)Cl)c1)C(C)C. The third-order valence-electron chi connectivity index (χ3n) is 2.74. The van der Waals surface area contributed by atoms with Crippen molar-refractivity contribution in [2.24, 2.45) is 5.92 Å². The Kier molecular flexibility index (Phi) is 5.83. The first-order valence-corrected chi connectivity index (χ1v) is 6.59. The highest BCUT2D eigenvalue weighted by Gasteiger charge is 2.16. The summed E-state index contributed by atoms with van der Waals surface area (Å²) in [6.07, 6.45) is 0.100. The standard InChI is InChI=1S/C14H18ClNO3/c1-4-12(9(2)3)19-14(18)16-11-7-5-6-10(8-11)13(15)17/h5-9,12H,4H2,1-3H3,(H,16,18). The molecule has 4 nitrogen and oxygen atoms in total. The minimum Gasteiger partial charge on any atom is -0.446 e. The minimum absolute atomic E-state index is 0.127. The van der Waals surface area contributed by atoms with Crippen LogP contribution in [-0.4, -0.2) is 17.4 Å². The van der Waals surface area contributed by atoms with Gasteiger partial charge in [-0.3, -0.25) is 10.1 Å². The van der Waals surface area contributed by atoms with E-state index in [1.54, 1.807) is 18.2 Å². The highest BCUT2D eigenvalue weighted by molar-refractivity contribution is 6.67. The van der Waals surface area contributed by atoms with Crippen LogP contribution in [0.2, 0.25) is 0 Å². The summed E-state index contributed by atoms with van der Waals surface area (Å²) < 4.78 is 5.30. The fraction of sp³-hybridized carbons (Fsp3) is 0.429. The van der Waals surface area contributed by atoms with Crippen LogP contribution in [0.15, 0.2) is 24.3 Å². The van der Waals surface area contributed by atoms with Crippen molar-refractivity contribution in [3.8, 4) is 0 Å². The van der Waals surface area contributed by atoms with E-state index in [0.717, 1.165) is 6.42 Å². The van der Waals surface area contributed by atoms with Gasteiger partial charge in [0.05, 0.1) is 0 Å². The van der Waals surface area contributed by atoms with Crippen molar-refractivity contribution in [2.45, 2.75) is 33.3 Å². The third-order valence-corrected chi connectivity index (χ3v) is 2.96. The van der Waals surface area contributed by atoms with Gasteiger partial charge in [-0.1, -0.05) is 26.8 Å². The molecule has 0 radical (unpaired) electrons. The molecule has 0 bridgehead atoms. The molecule has 0 aromatic heterocycles. The number of anilines is 1. The first-order valence-electron chi connectivity index (χ1n) is 6.21. The van der Waals surface area contributed by atoms with Gasteiger partial charge in [-0.25, -0.2) is 4.79 Å². The van der Waals surface area contributed by atoms with Crippen LogP contribution in [0.5, 0.6) is 0 Å². The van der Waals surface area contributed by atoms with Crippen LogP contribution < -0.4 is 5.32 Å². The Bertz CT molecular complexity index is 460. The van der Waals surface area contributed by atoms with Crippen LogP contribution in [-0.2, 0) is 4.74 Å². The summed E-state index contributed by atoms with van der Waals surface area (Å²) in [4.78, 5) is 22.7. The first kappa shape index (κ1) is 15.5. The van der Waals surface area contributed by atoms with Crippen LogP contribution in [0.4, 0.5) is 10.5 Å². The maximum atomic E-state index is 11.7. The van der Waals surface area contributed by atoms with E-state index in [2.05, 4.69) is 5.32 Å². The lowest BCUT2D eigenvalue weighted by Crippen LogP contribution is -2.26. The van der Waals surface area contributed by atoms with E-state index in [0.29, 0.717) is 11.3 Å². The van der Waals surface area contributed by atoms with Gasteiger partial charge < -0.3 is 4.74 Å². The molecule has 1 N–H and O–H groups in total. The third kappa shape index (κ3) is 4.91. The van der Waals surface area contributed by atoms with E-state index in [1.807, 2.05) is 20.8 Å². The second-order valence-electron chi connectivity index (χ2n) is 4.58. The number of benzene rings is 1. The lowest BCUT2D eigenvalue weighted by atomic mass is 10.1. The Morgan fingerprint density at radius 2 is 2.05 bits per heavy atom. The zero-order valence-electron chi connectivity index (χ0n) is 11.3. The second kappa shape index (κ2) is 7.14. The molecule has 104 valence electrons. The summed E-state index contributed by atoms with van der Waals surface area (Å²) in [5.74, 6) is 0.256. The Morgan fingerprint density at radius 1 is 1.37 bits per heavy atom. The molecule has 1 aromatic carbocycles. The summed E-state index contributed by atoms with van der Waals surface area (Å²) in [6.45, 7) is 5.95. The maximum Gasteiger partial charge on any atom is 0.411 e. The molecule has 1 amide bonds. The van der Waals surface area contributed by atoms with Gasteiger partial charge in [0.2, 0.25) is 0 Å². The number of hydrogen-bond donors (Lipinski definition) is 1. The van der Waals surface area contributed by atoms with Crippen molar-refractivity contribution in [1.29, 1.82) is 0 Å². The minimum atomic E-state index is -0.564. The number of amides is 1. The monoisotopic (exact) mass is 283 g/mol. The predicted molar refractivity (Wildman–Crippen MR) is 75.6 cm³/mol. The van der Waals surface area contributed by atoms with Gasteiger partial charge in [-0.2, -0.15) is 0 Å². The Balaban J connectivity index is 2.66. The lowest BCUT2D eigenvalue weighted by molar-refractivity contribution is 0.0797. The number of nitrogens with one attached hydrogen (secondary N) is 1. The van der Waals surface area contributed by atoms with Crippen molar-refractivity contribution >= 4 is 28.6 Å². The highest BCUT2D eigenvalue weighted by atomic mass is 35.5. The normalized spacial score (nSPS) is 12.1. The van der Waals surface area contributed by atoms with E-state index in [1.165, 1.54) is 6.07 Å². The molecule has 0 spiro atoms. The second-order valence-corrected chi connectivity index (χ2v) is 4.92. The first-order chi connectivity index (χ1) is 8.93. The molecule has 0 aliphatic heterocycles. The smallest absolute Gasteiger partial charge is 0.411 e. The number of hydrogen-bond acceptors (Lipinski definition) is 3. The molecule has 0 heterocycles. The predicted octanol–water partition coefficient (Wildman–Crippen LogP) is 4.05. The summed E-state index contributed by atoms with van der Waals surface area (Å²) in [7, 11) is 0. The Morgan fingerprint density at radius 3 is 2.58 bits per heavy atom. The van der Waals surface area contributed by atoms with Crippen molar-refractivity contribution in [3.63, 3.8) is 0 Å². The summed E-state index contributed by atoms with van der Waals surface area (Å²) in [5, 5.41) is 2.02. The summed E-state index contributed by atoms with van der Waals surface area (Å²) >= 11 is 5.38. The van der Waals surface area contributed by atoms with Crippen LogP contribution >= 0.6 is 11.6 Å². The van der Waals surface area contributed by atoms with Crippen LogP contribution in [0, 0.1) is 5.92 Å². The van der Waals surface area contributed by atoms with Crippen molar-refractivity contribution in [1.82, 2.24) is 0 Å². The average Bonchev–Trinajstić information content (AvgIpc) is 2.35. The van der Waals surface area contributed by atoms with E-state index in [-0.39, 0.29) is 12.0 Å². The number of ether oxygens (including phenoxy) is 1. The fourth-order valence-electron chi connectivity index (χ4n) is 1.69. The van der Waals surface area contributed by atoms with E-state index < -0.39 is 11.3 Å². The van der Waals surface area contributed by atoms with Crippen LogP contribution in [0.3, 0.4) is 0 Å². The lowest BCUT2D eigenvalue weighted by Gasteiger charge is -2.19. The molecule has 1 rings (SSSR count). The van der Waals surface area contributed by atoms with Crippen molar-refractivity contribution in [2.75, 3.05) is 5.32 Å². The van der Waals surface area contributed by atoms with E-state index >= 15 is 0 Å². The maximum absolute atomic E-state index is 11.7. The molecule has 0 aliphatic rings. The van der Waals surface area contributed by atoms with Gasteiger partial charge >= 0.3 is 6.09 Å². The zero-order valence-corrected chi connectivity index (χ0v) is 12.0. The van der Waals surface area contributed by atoms with Crippen molar-refractivity contribution in [3.05, 3.63) is 29.8 Å². The van der Waals surface area contributed by atoms with E-state index in [4.69, 9.17) is 16.3 Å². The molecule has 0 saturated heterocycles. The van der Waals surface area contributed by atoms with Crippen LogP contribution in [0.25, 0.3) is 0 Å². The fourth-order valence-corrected chi connectivity index (χ4v) is 1.81. The molecule has 5 heteroatoms. The molecular formula is C14H18ClNO3. The van der Waals surface area contributed by atoms with E-state index in [9.17, 15) is 9.59 Å². The molecule has 19 heavy (non-hydrogen) atoms. The molecule has 1 aromatic rings. The van der Waals surface area contributed by atoms with Gasteiger partial charge in [0.15, 0.2) is 0 Å². The number of carbonyl (C=O) groups is 2. The highest BCUT2D eigenvalue weighted by Crippen LogP contribution is 2.15. The molecular weight excluding hydrogens is 266 g/mol. The molecule has 0 saturated carbocycles. The number of carbonyl (C=O) groups excluding carboxylic acids is 2. The summed E-state index contributed by atoms with van der Waals surface area (Å²) in [6, 6.07) is 6.40. The number of rotatable bonds is 5. The van der Waals surface area contributed by atoms with Gasteiger partial charge in [0.25, 0.3) is 5.24 Å². The zero-order chi connectivity index (χ0) is 14.4. The molecule has 1 unspecified atom stereocenters. The molecule has 1 atom stereocenters. The Labute approximate surface area is 118 Å². The van der Waals surface area contributed by atoms with Gasteiger partial charge in [0, 0.05) is 11.3 Å². The number of halogens is 1.